The van der Waals surface area contributed by atoms with Gasteiger partial charge in [0.2, 0.25) is 5.91 Å². The van der Waals surface area contributed by atoms with Gasteiger partial charge in [0.25, 0.3) is 0 Å². The first-order valence-corrected chi connectivity index (χ1v) is 15.0. The highest BCUT2D eigenvalue weighted by Crippen LogP contribution is 2.34. The SMILES string of the molecule is Cc1cccc2c(CCCN3CCC(c4cccc(NC(=O)C(C)C)c4)CC3)c(-c3cccc(I)c3)[nH]c12. The summed E-state index contributed by atoms with van der Waals surface area (Å²) < 4.78 is 1.26. The van der Waals surface area contributed by atoms with E-state index >= 15 is 0 Å². The molecule has 198 valence electrons. The van der Waals surface area contributed by atoms with Crippen LogP contribution in [0.15, 0.2) is 66.7 Å². The van der Waals surface area contributed by atoms with Gasteiger partial charge in [0.1, 0.15) is 0 Å². The lowest BCUT2D eigenvalue weighted by molar-refractivity contribution is -0.118. The molecule has 1 aromatic heterocycles. The van der Waals surface area contributed by atoms with Gasteiger partial charge in [-0.25, -0.2) is 0 Å². The third-order valence-corrected chi connectivity index (χ3v) is 8.57. The number of aryl methyl sites for hydroxylation is 2. The number of halogens is 1. The van der Waals surface area contributed by atoms with E-state index < -0.39 is 0 Å². The van der Waals surface area contributed by atoms with Gasteiger partial charge >= 0.3 is 0 Å². The minimum atomic E-state index is -0.0114. The number of likely N-dealkylation sites (tertiary alicyclic amines) is 1. The second-order valence-electron chi connectivity index (χ2n) is 11.0. The van der Waals surface area contributed by atoms with Crippen LogP contribution in [-0.4, -0.2) is 35.4 Å². The second-order valence-corrected chi connectivity index (χ2v) is 12.2. The lowest BCUT2D eigenvalue weighted by Crippen LogP contribution is -2.33. The fraction of sp³-hybridized carbons (Fsp3) is 0.364. The van der Waals surface area contributed by atoms with Crippen molar-refractivity contribution in [2.45, 2.75) is 52.4 Å². The van der Waals surface area contributed by atoms with Crippen molar-refractivity contribution in [3.63, 3.8) is 0 Å². The van der Waals surface area contributed by atoms with Crippen molar-refractivity contribution in [1.82, 2.24) is 9.88 Å². The number of H-pyrrole nitrogens is 1. The zero-order valence-electron chi connectivity index (χ0n) is 22.7. The summed E-state index contributed by atoms with van der Waals surface area (Å²) in [5.41, 5.74) is 8.83. The number of aromatic amines is 1. The molecule has 5 rings (SSSR count). The fourth-order valence-electron chi connectivity index (χ4n) is 5.70. The first-order valence-electron chi connectivity index (χ1n) is 13.9. The number of carbonyl (C=O) groups is 1. The molecule has 38 heavy (non-hydrogen) atoms. The van der Waals surface area contributed by atoms with E-state index in [1.54, 1.807) is 0 Å². The summed E-state index contributed by atoms with van der Waals surface area (Å²) in [5.74, 6) is 0.626. The van der Waals surface area contributed by atoms with Crippen molar-refractivity contribution < 1.29 is 4.79 Å². The number of benzene rings is 3. The third-order valence-electron chi connectivity index (χ3n) is 7.90. The Balaban J connectivity index is 1.21. The van der Waals surface area contributed by atoms with Gasteiger partial charge in [0, 0.05) is 31.8 Å². The van der Waals surface area contributed by atoms with Crippen LogP contribution in [0.25, 0.3) is 22.2 Å². The zero-order chi connectivity index (χ0) is 26.6. The highest BCUT2D eigenvalue weighted by Gasteiger charge is 2.21. The number of aromatic nitrogens is 1. The monoisotopic (exact) mass is 619 g/mol. The van der Waals surface area contributed by atoms with E-state index in [4.69, 9.17) is 0 Å². The van der Waals surface area contributed by atoms with E-state index in [0.29, 0.717) is 5.92 Å². The van der Waals surface area contributed by atoms with E-state index in [-0.39, 0.29) is 11.8 Å². The average Bonchev–Trinajstić information content (AvgIpc) is 3.29. The van der Waals surface area contributed by atoms with Gasteiger partial charge in [-0.3, -0.25) is 4.79 Å². The molecule has 0 aliphatic carbocycles. The number of rotatable bonds is 8. The Morgan fingerprint density at radius 3 is 2.58 bits per heavy atom. The van der Waals surface area contributed by atoms with E-state index in [0.717, 1.165) is 38.2 Å². The number of nitrogens with one attached hydrogen (secondary N) is 2. The van der Waals surface area contributed by atoms with Crippen molar-refractivity contribution >= 4 is 45.1 Å². The molecule has 0 radical (unpaired) electrons. The quantitative estimate of drug-likeness (QED) is 0.196. The number of hydrogen-bond acceptors (Lipinski definition) is 2. The van der Waals surface area contributed by atoms with Crippen molar-refractivity contribution in [3.05, 3.63) is 87.0 Å². The highest BCUT2D eigenvalue weighted by molar-refractivity contribution is 14.1. The molecule has 0 atom stereocenters. The smallest absolute Gasteiger partial charge is 0.226 e. The topological polar surface area (TPSA) is 48.1 Å². The number of para-hydroxylation sites is 1. The Kier molecular flexibility index (Phi) is 8.54. The van der Waals surface area contributed by atoms with E-state index in [9.17, 15) is 4.79 Å². The van der Waals surface area contributed by atoms with Crippen LogP contribution in [0, 0.1) is 16.4 Å². The molecule has 5 heteroatoms. The highest BCUT2D eigenvalue weighted by atomic mass is 127. The molecule has 0 unspecified atom stereocenters. The number of carbonyl (C=O) groups excluding carboxylic acids is 1. The zero-order valence-corrected chi connectivity index (χ0v) is 24.8. The standard InChI is InChI=1S/C33H38IN3O/c1-22(2)33(38)35-28-12-6-9-25(21-28)24-15-18-37(19-16-24)17-7-14-30-29-13-4-8-23(3)31(29)36-32(30)26-10-5-11-27(34)20-26/h4-6,8-13,20-22,24,36H,7,14-19H2,1-3H3,(H,35,38). The van der Waals surface area contributed by atoms with Gasteiger partial charge in [-0.2, -0.15) is 0 Å². The molecule has 4 aromatic rings. The summed E-state index contributed by atoms with van der Waals surface area (Å²) in [6, 6.07) is 23.9. The lowest BCUT2D eigenvalue weighted by Gasteiger charge is -2.32. The Labute approximate surface area is 240 Å². The largest absolute Gasteiger partial charge is 0.354 e. The average molecular weight is 620 g/mol. The predicted octanol–water partition coefficient (Wildman–Crippen LogP) is 8.15. The summed E-state index contributed by atoms with van der Waals surface area (Å²) in [6.07, 6.45) is 4.56. The molecule has 1 saturated heterocycles. The first kappa shape index (κ1) is 26.9. The maximum Gasteiger partial charge on any atom is 0.226 e. The van der Waals surface area contributed by atoms with Crippen LogP contribution in [0.5, 0.6) is 0 Å². The van der Waals surface area contributed by atoms with Gasteiger partial charge < -0.3 is 15.2 Å². The summed E-state index contributed by atoms with van der Waals surface area (Å²) in [7, 11) is 0. The molecule has 0 saturated carbocycles. The van der Waals surface area contributed by atoms with E-state index in [2.05, 4.69) is 105 Å². The number of anilines is 1. The molecule has 0 spiro atoms. The fourth-order valence-corrected chi connectivity index (χ4v) is 6.24. The molecular formula is C33H38IN3O. The summed E-state index contributed by atoms with van der Waals surface area (Å²) in [6.45, 7) is 9.43. The number of fused-ring (bicyclic) bond motifs is 1. The van der Waals surface area contributed by atoms with Crippen molar-refractivity contribution in [1.29, 1.82) is 0 Å². The normalized spacial score (nSPS) is 14.9. The summed E-state index contributed by atoms with van der Waals surface area (Å²) in [5, 5.41) is 4.42. The summed E-state index contributed by atoms with van der Waals surface area (Å²) >= 11 is 2.40. The molecule has 1 aliphatic heterocycles. The Bertz CT molecular complexity index is 1420. The van der Waals surface area contributed by atoms with Crippen LogP contribution in [0.4, 0.5) is 5.69 Å². The first-order chi connectivity index (χ1) is 18.4. The van der Waals surface area contributed by atoms with Crippen LogP contribution < -0.4 is 5.32 Å². The van der Waals surface area contributed by atoms with Gasteiger partial charge in [-0.05, 0) is 127 Å². The minimum absolute atomic E-state index is 0.0114. The van der Waals surface area contributed by atoms with Gasteiger partial charge in [0.15, 0.2) is 0 Å². The van der Waals surface area contributed by atoms with Gasteiger partial charge in [-0.15, -0.1) is 0 Å². The maximum atomic E-state index is 12.1. The second kappa shape index (κ2) is 12.0. The van der Waals surface area contributed by atoms with Crippen LogP contribution in [-0.2, 0) is 11.2 Å². The molecule has 2 heterocycles. The molecule has 1 amide bonds. The lowest BCUT2D eigenvalue weighted by atomic mass is 9.89. The number of piperidine rings is 1. The molecule has 3 aromatic carbocycles. The van der Waals surface area contributed by atoms with Crippen molar-refractivity contribution in [2.75, 3.05) is 25.0 Å². The Morgan fingerprint density at radius 2 is 1.82 bits per heavy atom. The number of hydrogen-bond donors (Lipinski definition) is 2. The van der Waals surface area contributed by atoms with Crippen LogP contribution in [0.2, 0.25) is 0 Å². The summed E-state index contributed by atoms with van der Waals surface area (Å²) in [4.78, 5) is 18.5. The van der Waals surface area contributed by atoms with E-state index in [1.807, 2.05) is 19.9 Å². The van der Waals surface area contributed by atoms with E-state index in [1.165, 1.54) is 55.3 Å². The molecule has 2 N–H and O–H groups in total. The number of nitrogens with zero attached hydrogens (tertiary/aromatic N) is 1. The Hall–Kier alpha value is -2.64. The van der Waals surface area contributed by atoms with Gasteiger partial charge in [0.05, 0.1) is 0 Å². The maximum absolute atomic E-state index is 12.1. The van der Waals surface area contributed by atoms with Crippen LogP contribution in [0.1, 0.15) is 55.7 Å². The predicted molar refractivity (Wildman–Crippen MR) is 168 cm³/mol. The number of amides is 1. The molecule has 0 bridgehead atoms. The molecule has 1 aliphatic rings. The van der Waals surface area contributed by atoms with Crippen LogP contribution >= 0.6 is 22.6 Å². The third kappa shape index (κ3) is 6.15. The molecule has 1 fully saturated rings. The Morgan fingerprint density at radius 1 is 1.05 bits per heavy atom. The van der Waals surface area contributed by atoms with Crippen molar-refractivity contribution in [2.24, 2.45) is 5.92 Å². The molecular weight excluding hydrogens is 581 g/mol. The minimum Gasteiger partial charge on any atom is -0.354 e. The van der Waals surface area contributed by atoms with Crippen molar-refractivity contribution in [3.8, 4) is 11.3 Å². The van der Waals surface area contributed by atoms with Crippen LogP contribution in [0.3, 0.4) is 0 Å². The van der Waals surface area contributed by atoms with Gasteiger partial charge in [-0.1, -0.05) is 56.3 Å². The molecule has 4 nitrogen and oxygen atoms in total.